The van der Waals surface area contributed by atoms with E-state index in [0.29, 0.717) is 6.04 Å². The number of nitrogens with zero attached hydrogens (tertiary/aromatic N) is 1. The van der Waals surface area contributed by atoms with Crippen LogP contribution in [-0.2, 0) is 6.42 Å². The van der Waals surface area contributed by atoms with Crippen LogP contribution >= 0.6 is 0 Å². The van der Waals surface area contributed by atoms with Crippen molar-refractivity contribution in [1.82, 2.24) is 10.2 Å². The number of likely N-dealkylation sites (tertiary alicyclic amines) is 1. The van der Waals surface area contributed by atoms with Gasteiger partial charge in [-0.25, -0.2) is 0 Å². The number of aryl methyl sites for hydroxylation is 1. The molecule has 0 aromatic heterocycles. The summed E-state index contributed by atoms with van der Waals surface area (Å²) < 4.78 is 0. The van der Waals surface area contributed by atoms with Crippen molar-refractivity contribution < 1.29 is 0 Å². The summed E-state index contributed by atoms with van der Waals surface area (Å²) in [6.45, 7) is 5.63. The Balaban J connectivity index is 1.30. The topological polar surface area (TPSA) is 41.3 Å². The van der Waals surface area contributed by atoms with Crippen molar-refractivity contribution in [1.29, 1.82) is 0 Å². The van der Waals surface area contributed by atoms with E-state index < -0.39 is 0 Å². The Kier molecular flexibility index (Phi) is 12.6. The van der Waals surface area contributed by atoms with Crippen LogP contribution in [0.25, 0.3) is 0 Å². The average Bonchev–Trinajstić information content (AvgIpc) is 2.88. The second-order valence-corrected chi connectivity index (χ2v) is 9.94. The quantitative estimate of drug-likeness (QED) is 0.293. The van der Waals surface area contributed by atoms with Gasteiger partial charge in [0.2, 0.25) is 0 Å². The Morgan fingerprint density at radius 1 is 0.788 bits per heavy atom. The SMILES string of the molecule is NCCCN1CCC(CNC(CCCCCCCCc2ccccc2)c2ccccc2)CC1. The summed E-state index contributed by atoms with van der Waals surface area (Å²) in [5, 5.41) is 3.95. The minimum atomic E-state index is 0.500. The molecule has 1 aliphatic rings. The second-order valence-electron chi connectivity index (χ2n) is 9.94. The van der Waals surface area contributed by atoms with Crippen molar-refractivity contribution in [2.45, 2.75) is 76.7 Å². The van der Waals surface area contributed by atoms with Gasteiger partial charge in [0.05, 0.1) is 0 Å². The largest absolute Gasteiger partial charge is 0.330 e. The highest BCUT2D eigenvalue weighted by Crippen LogP contribution is 2.23. The zero-order chi connectivity index (χ0) is 23.0. The molecule has 3 heteroatoms. The zero-order valence-corrected chi connectivity index (χ0v) is 20.8. The molecule has 182 valence electrons. The summed E-state index contributed by atoms with van der Waals surface area (Å²) in [5.74, 6) is 0.815. The highest BCUT2D eigenvalue weighted by molar-refractivity contribution is 5.19. The molecule has 1 atom stereocenters. The van der Waals surface area contributed by atoms with E-state index in [9.17, 15) is 0 Å². The monoisotopic (exact) mass is 449 g/mol. The maximum absolute atomic E-state index is 5.67. The zero-order valence-electron chi connectivity index (χ0n) is 20.8. The number of benzene rings is 2. The van der Waals surface area contributed by atoms with Crippen LogP contribution in [-0.4, -0.2) is 37.6 Å². The molecule has 33 heavy (non-hydrogen) atoms. The number of unbranched alkanes of at least 4 members (excludes halogenated alkanes) is 5. The molecule has 2 aromatic carbocycles. The van der Waals surface area contributed by atoms with Crippen molar-refractivity contribution >= 4 is 0 Å². The van der Waals surface area contributed by atoms with E-state index in [4.69, 9.17) is 5.73 Å². The summed E-state index contributed by atoms with van der Waals surface area (Å²) >= 11 is 0. The van der Waals surface area contributed by atoms with E-state index >= 15 is 0 Å². The molecule has 1 aliphatic heterocycles. The van der Waals surface area contributed by atoms with E-state index in [0.717, 1.165) is 25.4 Å². The number of rotatable bonds is 16. The highest BCUT2D eigenvalue weighted by Gasteiger charge is 2.20. The third-order valence-electron chi connectivity index (χ3n) is 7.29. The van der Waals surface area contributed by atoms with Crippen LogP contribution in [0.5, 0.6) is 0 Å². The van der Waals surface area contributed by atoms with Crippen molar-refractivity contribution in [3.05, 3.63) is 71.8 Å². The standard InChI is InChI=1S/C30H47N3/c31-22-13-23-33-24-20-28(21-25-33)26-32-30(29-17-10-6-11-18-29)19-12-4-2-1-3-7-14-27-15-8-5-9-16-27/h5-6,8-11,15-18,28,30,32H,1-4,7,12-14,19-26,31H2. The molecule has 0 spiro atoms. The molecule has 1 saturated heterocycles. The van der Waals surface area contributed by atoms with Crippen molar-refractivity contribution in [2.24, 2.45) is 11.7 Å². The van der Waals surface area contributed by atoms with E-state index in [1.54, 1.807) is 0 Å². The Morgan fingerprint density at radius 2 is 1.42 bits per heavy atom. The van der Waals surface area contributed by atoms with Crippen molar-refractivity contribution in [3.8, 4) is 0 Å². The second kappa shape index (κ2) is 16.0. The first-order valence-electron chi connectivity index (χ1n) is 13.6. The minimum absolute atomic E-state index is 0.500. The van der Waals surface area contributed by atoms with E-state index in [1.807, 2.05) is 0 Å². The Hall–Kier alpha value is -1.68. The summed E-state index contributed by atoms with van der Waals surface area (Å²) in [4.78, 5) is 2.60. The summed E-state index contributed by atoms with van der Waals surface area (Å²) in [5.41, 5.74) is 8.62. The first-order chi connectivity index (χ1) is 16.3. The normalized spacial score (nSPS) is 16.2. The van der Waals surface area contributed by atoms with Crippen molar-refractivity contribution in [3.63, 3.8) is 0 Å². The van der Waals surface area contributed by atoms with Crippen LogP contribution in [0.1, 0.15) is 81.4 Å². The van der Waals surface area contributed by atoms with Gasteiger partial charge in [-0.15, -0.1) is 0 Å². The molecule has 1 fully saturated rings. The predicted octanol–water partition coefficient (Wildman–Crippen LogP) is 6.35. The molecule has 0 bridgehead atoms. The third kappa shape index (κ3) is 10.4. The Labute approximate surface area is 203 Å². The van der Waals surface area contributed by atoms with E-state index in [1.165, 1.54) is 95.0 Å². The van der Waals surface area contributed by atoms with Crippen molar-refractivity contribution in [2.75, 3.05) is 32.7 Å². The van der Waals surface area contributed by atoms with Crippen LogP contribution in [0, 0.1) is 5.92 Å². The number of hydrogen-bond acceptors (Lipinski definition) is 3. The maximum Gasteiger partial charge on any atom is 0.0320 e. The van der Waals surface area contributed by atoms with Gasteiger partial charge < -0.3 is 16.0 Å². The van der Waals surface area contributed by atoms with Gasteiger partial charge >= 0.3 is 0 Å². The first kappa shape index (κ1) is 25.9. The third-order valence-corrected chi connectivity index (χ3v) is 7.29. The summed E-state index contributed by atoms with van der Waals surface area (Å²) in [6.07, 6.45) is 14.4. The molecule has 3 N–H and O–H groups in total. The van der Waals surface area contributed by atoms with Gasteiger partial charge in [-0.05, 0) is 88.3 Å². The number of nitrogens with two attached hydrogens (primary N) is 1. The van der Waals surface area contributed by atoms with E-state index in [2.05, 4.69) is 70.9 Å². The van der Waals surface area contributed by atoms with Gasteiger partial charge in [0, 0.05) is 6.04 Å². The van der Waals surface area contributed by atoms with E-state index in [-0.39, 0.29) is 0 Å². The van der Waals surface area contributed by atoms with Gasteiger partial charge in [0.15, 0.2) is 0 Å². The van der Waals surface area contributed by atoms with Gasteiger partial charge in [-0.1, -0.05) is 92.8 Å². The molecule has 1 heterocycles. The fraction of sp³-hybridized carbons (Fsp3) is 0.600. The fourth-order valence-electron chi connectivity index (χ4n) is 5.14. The minimum Gasteiger partial charge on any atom is -0.330 e. The maximum atomic E-state index is 5.67. The fourth-order valence-corrected chi connectivity index (χ4v) is 5.14. The Bertz CT molecular complexity index is 710. The lowest BCUT2D eigenvalue weighted by Gasteiger charge is -2.33. The molecule has 0 saturated carbocycles. The molecule has 2 aromatic rings. The van der Waals surface area contributed by atoms with Gasteiger partial charge in [-0.2, -0.15) is 0 Å². The highest BCUT2D eigenvalue weighted by atomic mass is 15.1. The van der Waals surface area contributed by atoms with Gasteiger partial charge in [0.25, 0.3) is 0 Å². The molecule has 3 rings (SSSR count). The molecule has 3 nitrogen and oxygen atoms in total. The number of piperidine rings is 1. The summed E-state index contributed by atoms with van der Waals surface area (Å²) in [6, 6.07) is 22.5. The van der Waals surface area contributed by atoms with Crippen LogP contribution in [0.3, 0.4) is 0 Å². The lowest BCUT2D eigenvalue weighted by molar-refractivity contribution is 0.178. The lowest BCUT2D eigenvalue weighted by Crippen LogP contribution is -2.38. The van der Waals surface area contributed by atoms with Gasteiger partial charge in [0.1, 0.15) is 0 Å². The first-order valence-corrected chi connectivity index (χ1v) is 13.6. The Morgan fingerprint density at radius 3 is 2.12 bits per heavy atom. The molecule has 0 aliphatic carbocycles. The summed E-state index contributed by atoms with van der Waals surface area (Å²) in [7, 11) is 0. The molecule has 1 unspecified atom stereocenters. The number of hydrogen-bond donors (Lipinski definition) is 2. The number of nitrogens with one attached hydrogen (secondary N) is 1. The molecular formula is C30H47N3. The predicted molar refractivity (Wildman–Crippen MR) is 142 cm³/mol. The molecule has 0 radical (unpaired) electrons. The van der Waals surface area contributed by atoms with Crippen LogP contribution < -0.4 is 11.1 Å². The van der Waals surface area contributed by atoms with Crippen LogP contribution in [0.4, 0.5) is 0 Å². The average molecular weight is 450 g/mol. The van der Waals surface area contributed by atoms with Crippen LogP contribution in [0.15, 0.2) is 60.7 Å². The molecule has 0 amide bonds. The smallest absolute Gasteiger partial charge is 0.0320 e. The molecular weight excluding hydrogens is 402 g/mol. The van der Waals surface area contributed by atoms with Crippen LogP contribution in [0.2, 0.25) is 0 Å². The van der Waals surface area contributed by atoms with Gasteiger partial charge in [-0.3, -0.25) is 0 Å². The lowest BCUT2D eigenvalue weighted by atomic mass is 9.94.